The number of amides is 1. The van der Waals surface area contributed by atoms with E-state index >= 15 is 0 Å². The van der Waals surface area contributed by atoms with Crippen molar-refractivity contribution in [2.24, 2.45) is 0 Å². The van der Waals surface area contributed by atoms with E-state index in [2.05, 4.69) is 19.2 Å². The van der Waals surface area contributed by atoms with Gasteiger partial charge in [-0.2, -0.15) is 0 Å². The molecule has 0 aromatic rings. The average molecular weight is 242 g/mol. The lowest BCUT2D eigenvalue weighted by molar-refractivity contribution is -0.132. The van der Waals surface area contributed by atoms with Gasteiger partial charge in [0.05, 0.1) is 6.04 Å². The molecule has 0 fully saturated rings. The molecule has 0 bridgehead atoms. The van der Waals surface area contributed by atoms with Crippen molar-refractivity contribution in [1.29, 1.82) is 0 Å². The fraction of sp³-hybridized carbons (Fsp3) is 0.929. The van der Waals surface area contributed by atoms with E-state index in [0.717, 1.165) is 19.5 Å². The van der Waals surface area contributed by atoms with Gasteiger partial charge in [0.1, 0.15) is 0 Å². The third-order valence-electron chi connectivity index (χ3n) is 3.33. The molecule has 0 spiro atoms. The van der Waals surface area contributed by atoms with Crippen LogP contribution in [-0.4, -0.2) is 36.0 Å². The molecule has 0 saturated carbocycles. The van der Waals surface area contributed by atoms with Crippen LogP contribution in [0.4, 0.5) is 0 Å². The number of carbonyl (C=O) groups is 1. The zero-order chi connectivity index (χ0) is 13.3. The Hall–Kier alpha value is -0.570. The first-order valence-electron chi connectivity index (χ1n) is 7.15. The van der Waals surface area contributed by atoms with Crippen molar-refractivity contribution < 1.29 is 4.79 Å². The van der Waals surface area contributed by atoms with Crippen LogP contribution in [0.1, 0.15) is 60.3 Å². The number of carbonyl (C=O) groups excluding carboxylic acids is 1. The molecule has 1 N–H and O–H groups in total. The molecule has 0 aromatic carbocycles. The summed E-state index contributed by atoms with van der Waals surface area (Å²) < 4.78 is 0. The smallest absolute Gasteiger partial charge is 0.239 e. The van der Waals surface area contributed by atoms with Gasteiger partial charge >= 0.3 is 0 Å². The highest BCUT2D eigenvalue weighted by atomic mass is 16.2. The molecule has 2 atom stereocenters. The lowest BCUT2D eigenvalue weighted by atomic mass is 10.1. The van der Waals surface area contributed by atoms with Crippen molar-refractivity contribution in [1.82, 2.24) is 10.2 Å². The molecule has 3 heteroatoms. The normalized spacial score (nSPS) is 14.4. The average Bonchev–Trinajstić information content (AvgIpc) is 2.35. The van der Waals surface area contributed by atoms with Gasteiger partial charge in [-0.1, -0.05) is 26.7 Å². The molecule has 0 aromatic heterocycles. The Labute approximate surface area is 107 Å². The molecule has 0 aliphatic heterocycles. The molecule has 0 radical (unpaired) electrons. The Morgan fingerprint density at radius 1 is 1.18 bits per heavy atom. The molecule has 0 aliphatic carbocycles. The Bertz CT molecular complexity index is 202. The van der Waals surface area contributed by atoms with Gasteiger partial charge in [0.2, 0.25) is 5.91 Å². The van der Waals surface area contributed by atoms with Gasteiger partial charge in [-0.3, -0.25) is 4.79 Å². The Morgan fingerprint density at radius 3 is 2.18 bits per heavy atom. The first-order chi connectivity index (χ1) is 8.10. The zero-order valence-electron chi connectivity index (χ0n) is 12.3. The van der Waals surface area contributed by atoms with Crippen molar-refractivity contribution in [2.75, 3.05) is 13.1 Å². The lowest BCUT2D eigenvalue weighted by Gasteiger charge is -2.27. The SMILES string of the molecule is CCCCC(CC)NC(C)C(=O)N(CC)CC. The maximum atomic E-state index is 12.1. The summed E-state index contributed by atoms with van der Waals surface area (Å²) in [7, 11) is 0. The van der Waals surface area contributed by atoms with Crippen molar-refractivity contribution in [2.45, 2.75) is 72.4 Å². The number of rotatable bonds is 9. The van der Waals surface area contributed by atoms with E-state index < -0.39 is 0 Å². The fourth-order valence-electron chi connectivity index (χ4n) is 2.09. The summed E-state index contributed by atoms with van der Waals surface area (Å²) in [5, 5.41) is 3.46. The molecule has 0 rings (SSSR count). The van der Waals surface area contributed by atoms with Crippen LogP contribution in [0.25, 0.3) is 0 Å². The first-order valence-corrected chi connectivity index (χ1v) is 7.15. The fourth-order valence-corrected chi connectivity index (χ4v) is 2.09. The Kier molecular flexibility index (Phi) is 9.14. The summed E-state index contributed by atoms with van der Waals surface area (Å²) in [5.74, 6) is 0.227. The van der Waals surface area contributed by atoms with E-state index in [1.54, 1.807) is 0 Å². The molecule has 17 heavy (non-hydrogen) atoms. The highest BCUT2D eigenvalue weighted by molar-refractivity contribution is 5.81. The minimum atomic E-state index is -0.0586. The van der Waals surface area contributed by atoms with E-state index in [9.17, 15) is 4.79 Å². The van der Waals surface area contributed by atoms with Crippen molar-refractivity contribution >= 4 is 5.91 Å². The lowest BCUT2D eigenvalue weighted by Crippen LogP contribution is -2.48. The maximum Gasteiger partial charge on any atom is 0.239 e. The topological polar surface area (TPSA) is 32.3 Å². The second-order valence-corrected chi connectivity index (χ2v) is 4.65. The Morgan fingerprint density at radius 2 is 1.76 bits per heavy atom. The number of hydrogen-bond acceptors (Lipinski definition) is 2. The van der Waals surface area contributed by atoms with Gasteiger partial charge in [0.15, 0.2) is 0 Å². The van der Waals surface area contributed by atoms with E-state index in [0.29, 0.717) is 6.04 Å². The van der Waals surface area contributed by atoms with E-state index in [-0.39, 0.29) is 11.9 Å². The van der Waals surface area contributed by atoms with Crippen LogP contribution in [0.2, 0.25) is 0 Å². The summed E-state index contributed by atoms with van der Waals surface area (Å²) >= 11 is 0. The van der Waals surface area contributed by atoms with Gasteiger partial charge < -0.3 is 10.2 Å². The van der Waals surface area contributed by atoms with Crippen molar-refractivity contribution in [3.05, 3.63) is 0 Å². The quantitative estimate of drug-likeness (QED) is 0.674. The summed E-state index contributed by atoms with van der Waals surface area (Å²) in [4.78, 5) is 14.0. The van der Waals surface area contributed by atoms with Crippen LogP contribution in [0, 0.1) is 0 Å². The van der Waals surface area contributed by atoms with Crippen LogP contribution >= 0.6 is 0 Å². The first kappa shape index (κ1) is 16.4. The molecule has 0 heterocycles. The highest BCUT2D eigenvalue weighted by Gasteiger charge is 2.20. The molecular weight excluding hydrogens is 212 g/mol. The minimum Gasteiger partial charge on any atom is -0.342 e. The monoisotopic (exact) mass is 242 g/mol. The van der Waals surface area contributed by atoms with Crippen molar-refractivity contribution in [3.8, 4) is 0 Å². The van der Waals surface area contributed by atoms with Gasteiger partial charge in [-0.15, -0.1) is 0 Å². The highest BCUT2D eigenvalue weighted by Crippen LogP contribution is 2.06. The molecule has 1 amide bonds. The Balaban J connectivity index is 4.19. The number of hydrogen-bond donors (Lipinski definition) is 1. The van der Waals surface area contributed by atoms with Gasteiger partial charge in [-0.25, -0.2) is 0 Å². The number of nitrogens with zero attached hydrogens (tertiary/aromatic N) is 1. The van der Waals surface area contributed by atoms with Crippen molar-refractivity contribution in [3.63, 3.8) is 0 Å². The summed E-state index contributed by atoms with van der Waals surface area (Å²) in [6.07, 6.45) is 4.72. The minimum absolute atomic E-state index is 0.0586. The number of nitrogens with one attached hydrogen (secondary N) is 1. The van der Waals surface area contributed by atoms with Crippen LogP contribution in [0.5, 0.6) is 0 Å². The molecule has 2 unspecified atom stereocenters. The van der Waals surface area contributed by atoms with E-state index in [1.165, 1.54) is 19.3 Å². The second kappa shape index (κ2) is 9.46. The third kappa shape index (κ3) is 6.06. The predicted octanol–water partition coefficient (Wildman–Crippen LogP) is 2.80. The zero-order valence-corrected chi connectivity index (χ0v) is 12.3. The van der Waals surface area contributed by atoms with Crippen LogP contribution in [0.15, 0.2) is 0 Å². The van der Waals surface area contributed by atoms with Gasteiger partial charge in [0, 0.05) is 19.1 Å². The molecular formula is C14H30N2O. The summed E-state index contributed by atoms with van der Waals surface area (Å²) in [6.45, 7) is 12.0. The standard InChI is InChI=1S/C14H30N2O/c1-6-10-11-13(7-2)15-12(5)14(17)16(8-3)9-4/h12-13,15H,6-11H2,1-5H3. The molecule has 0 aliphatic rings. The van der Waals surface area contributed by atoms with Crippen LogP contribution in [0.3, 0.4) is 0 Å². The van der Waals surface area contributed by atoms with E-state index in [4.69, 9.17) is 0 Å². The molecule has 0 saturated heterocycles. The molecule has 102 valence electrons. The third-order valence-corrected chi connectivity index (χ3v) is 3.33. The van der Waals surface area contributed by atoms with Crippen LogP contribution in [-0.2, 0) is 4.79 Å². The molecule has 3 nitrogen and oxygen atoms in total. The number of likely N-dealkylation sites (N-methyl/N-ethyl adjacent to an activating group) is 1. The van der Waals surface area contributed by atoms with E-state index in [1.807, 2.05) is 25.7 Å². The van der Waals surface area contributed by atoms with Gasteiger partial charge in [0.25, 0.3) is 0 Å². The number of unbranched alkanes of at least 4 members (excludes halogenated alkanes) is 1. The maximum absolute atomic E-state index is 12.1. The van der Waals surface area contributed by atoms with Crippen LogP contribution < -0.4 is 5.32 Å². The largest absolute Gasteiger partial charge is 0.342 e. The predicted molar refractivity (Wildman–Crippen MR) is 74.1 cm³/mol. The second-order valence-electron chi connectivity index (χ2n) is 4.65. The van der Waals surface area contributed by atoms with Gasteiger partial charge in [-0.05, 0) is 33.6 Å². The summed E-state index contributed by atoms with van der Waals surface area (Å²) in [6, 6.07) is 0.418. The summed E-state index contributed by atoms with van der Waals surface area (Å²) in [5.41, 5.74) is 0.